The van der Waals surface area contributed by atoms with Crippen LogP contribution in [0.1, 0.15) is 5.69 Å². The van der Waals surface area contributed by atoms with Crippen molar-refractivity contribution in [2.45, 2.75) is 0 Å². The third kappa shape index (κ3) is 1.60. The van der Waals surface area contributed by atoms with Crippen LogP contribution in [0.25, 0.3) is 17.2 Å². The molecule has 0 atom stereocenters. The summed E-state index contributed by atoms with van der Waals surface area (Å²) in [7, 11) is 0. The number of hydrogen-bond acceptors (Lipinski definition) is 5. The van der Waals surface area contributed by atoms with E-state index < -0.39 is 0 Å². The molecule has 0 spiro atoms. The Kier molecular flexibility index (Phi) is 2.19. The predicted octanol–water partition coefficient (Wildman–Crippen LogP) is 0.288. The van der Waals surface area contributed by atoms with Crippen molar-refractivity contribution in [2.24, 2.45) is 4.99 Å². The molecule has 0 radical (unpaired) electrons. The summed E-state index contributed by atoms with van der Waals surface area (Å²) in [4.78, 5) is 19.5. The summed E-state index contributed by atoms with van der Waals surface area (Å²) in [6, 6.07) is 0. The van der Waals surface area contributed by atoms with Crippen molar-refractivity contribution in [3.63, 3.8) is 0 Å². The van der Waals surface area contributed by atoms with Gasteiger partial charge in [-0.3, -0.25) is 4.79 Å². The quantitative estimate of drug-likeness (QED) is 0.719. The number of aliphatic hydroxyl groups excluding tert-OH is 1. The lowest BCUT2D eigenvalue weighted by molar-refractivity contribution is -0.109. The largest absolute Gasteiger partial charge is 0.496 e. The lowest BCUT2D eigenvalue weighted by Gasteiger charge is -1.89. The first-order valence-corrected chi connectivity index (χ1v) is 6.37. The number of thioether (sulfide) groups is 1. The van der Waals surface area contributed by atoms with E-state index in [-0.39, 0.29) is 11.7 Å². The molecule has 0 saturated heterocycles. The number of hydrogen-bond donors (Lipinski definition) is 1. The minimum Gasteiger partial charge on any atom is -0.496 e. The SMILES string of the molecule is O=C1C=Cc2n/c(=C3/N=C(O)CS3)sc2=C1. The highest BCUT2D eigenvalue weighted by atomic mass is 32.2. The molecular weight excluding hydrogens is 244 g/mol. The first-order valence-electron chi connectivity index (χ1n) is 4.56. The summed E-state index contributed by atoms with van der Waals surface area (Å²) in [6.45, 7) is 0. The van der Waals surface area contributed by atoms with Crippen molar-refractivity contribution in [3.05, 3.63) is 21.0 Å². The summed E-state index contributed by atoms with van der Waals surface area (Å²) >= 11 is 2.88. The number of aliphatic imine (C=N–C) groups is 1. The minimum atomic E-state index is -0.0156. The van der Waals surface area contributed by atoms with E-state index >= 15 is 0 Å². The fourth-order valence-electron chi connectivity index (χ4n) is 1.42. The second-order valence-corrected chi connectivity index (χ2v) is 5.27. The standard InChI is InChI=1S/C10H6N2O2S2/c13-5-1-2-6-7(3-5)16-10(11-6)9-12-8(14)4-15-9/h1-3H,4H2,(H,12,14)/b10-9+. The van der Waals surface area contributed by atoms with Gasteiger partial charge < -0.3 is 5.11 Å². The first kappa shape index (κ1) is 9.80. The number of carbonyl (C=O) groups excluding carboxylic acids is 1. The van der Waals surface area contributed by atoms with Gasteiger partial charge in [0.25, 0.3) is 0 Å². The van der Waals surface area contributed by atoms with Gasteiger partial charge in [0.2, 0.25) is 0 Å². The van der Waals surface area contributed by atoms with Crippen molar-refractivity contribution in [1.82, 2.24) is 4.98 Å². The molecule has 0 fully saturated rings. The monoisotopic (exact) mass is 250 g/mol. The van der Waals surface area contributed by atoms with Gasteiger partial charge in [-0.2, -0.15) is 0 Å². The predicted molar refractivity (Wildman–Crippen MR) is 65.8 cm³/mol. The van der Waals surface area contributed by atoms with Crippen molar-refractivity contribution >= 4 is 52.0 Å². The first-order chi connectivity index (χ1) is 7.72. The van der Waals surface area contributed by atoms with Crippen LogP contribution < -0.4 is 9.20 Å². The van der Waals surface area contributed by atoms with Crippen LogP contribution in [-0.4, -0.2) is 27.5 Å². The van der Waals surface area contributed by atoms with Gasteiger partial charge in [-0.1, -0.05) is 11.8 Å². The Hall–Kier alpha value is -1.40. The molecule has 3 rings (SSSR count). The number of aliphatic hydroxyl groups is 1. The number of aromatic nitrogens is 1. The molecule has 1 aliphatic carbocycles. The molecule has 1 aromatic rings. The maximum atomic E-state index is 11.2. The molecule has 16 heavy (non-hydrogen) atoms. The molecule has 1 N–H and O–H groups in total. The number of nitrogens with zero attached hydrogens (tertiary/aromatic N) is 2. The summed E-state index contributed by atoms with van der Waals surface area (Å²) in [5, 5.41) is 9.94. The van der Waals surface area contributed by atoms with Crippen LogP contribution in [0.2, 0.25) is 0 Å². The second-order valence-electron chi connectivity index (χ2n) is 3.27. The number of rotatable bonds is 0. The van der Waals surface area contributed by atoms with E-state index in [1.54, 1.807) is 12.2 Å². The maximum absolute atomic E-state index is 11.2. The van der Waals surface area contributed by atoms with Crippen LogP contribution in [0.3, 0.4) is 0 Å². The zero-order valence-corrected chi connectivity index (χ0v) is 9.64. The van der Waals surface area contributed by atoms with Crippen molar-refractivity contribution in [2.75, 3.05) is 5.75 Å². The Morgan fingerprint density at radius 2 is 2.25 bits per heavy atom. The van der Waals surface area contributed by atoms with Crippen LogP contribution in [0.4, 0.5) is 0 Å². The van der Waals surface area contributed by atoms with E-state index in [0.29, 0.717) is 5.75 Å². The summed E-state index contributed by atoms with van der Waals surface area (Å²) in [5.74, 6) is 0.611. The fraction of sp³-hybridized carbons (Fsp3) is 0.100. The molecule has 0 bridgehead atoms. The Bertz CT molecular complexity index is 655. The molecule has 0 aromatic carbocycles. The molecule has 0 unspecified atom stereocenters. The molecular formula is C10H6N2O2S2. The molecule has 2 heterocycles. The van der Waals surface area contributed by atoms with E-state index in [9.17, 15) is 9.90 Å². The van der Waals surface area contributed by atoms with Crippen LogP contribution in [0, 0.1) is 0 Å². The molecule has 1 aromatic heterocycles. The fourth-order valence-corrected chi connectivity index (χ4v) is 3.27. The minimum absolute atomic E-state index is 0.0156. The molecule has 0 saturated carbocycles. The van der Waals surface area contributed by atoms with E-state index in [1.807, 2.05) is 0 Å². The number of fused-ring (bicyclic) bond motifs is 1. The molecule has 2 aliphatic rings. The van der Waals surface area contributed by atoms with Crippen molar-refractivity contribution in [1.29, 1.82) is 0 Å². The summed E-state index contributed by atoms with van der Waals surface area (Å²) < 4.78 is 1.62. The number of allylic oxidation sites excluding steroid dienone is 1. The van der Waals surface area contributed by atoms with Gasteiger partial charge in [0.1, 0.15) is 9.69 Å². The number of ketones is 1. The summed E-state index contributed by atoms with van der Waals surface area (Å²) in [5.41, 5.74) is 0.800. The molecule has 4 nitrogen and oxygen atoms in total. The van der Waals surface area contributed by atoms with Gasteiger partial charge in [0.05, 0.1) is 16.0 Å². The van der Waals surface area contributed by atoms with Crippen LogP contribution in [-0.2, 0) is 4.79 Å². The average molecular weight is 250 g/mol. The van der Waals surface area contributed by atoms with Crippen molar-refractivity contribution < 1.29 is 9.90 Å². The highest BCUT2D eigenvalue weighted by Gasteiger charge is 2.14. The third-order valence-electron chi connectivity index (χ3n) is 2.11. The van der Waals surface area contributed by atoms with E-state index in [0.717, 1.165) is 19.9 Å². The maximum Gasteiger partial charge on any atom is 0.197 e. The number of thiazole rings is 1. The van der Waals surface area contributed by atoms with Gasteiger partial charge in [0, 0.05) is 6.08 Å². The van der Waals surface area contributed by atoms with Gasteiger partial charge in [-0.15, -0.1) is 11.3 Å². The Morgan fingerprint density at radius 3 is 3.00 bits per heavy atom. The molecule has 80 valence electrons. The average Bonchev–Trinajstić information content (AvgIpc) is 2.83. The van der Waals surface area contributed by atoms with Crippen LogP contribution in [0.15, 0.2) is 11.1 Å². The van der Waals surface area contributed by atoms with Crippen LogP contribution in [0.5, 0.6) is 0 Å². The molecule has 6 heteroatoms. The Balaban J connectivity index is 2.24. The molecule has 0 amide bonds. The third-order valence-corrected chi connectivity index (χ3v) is 4.23. The van der Waals surface area contributed by atoms with Crippen molar-refractivity contribution in [3.8, 4) is 0 Å². The lowest BCUT2D eigenvalue weighted by atomic mass is 10.2. The zero-order valence-electron chi connectivity index (χ0n) is 8.01. The van der Waals surface area contributed by atoms with E-state index in [2.05, 4.69) is 9.98 Å². The zero-order chi connectivity index (χ0) is 11.1. The normalized spacial score (nSPS) is 21.8. The van der Waals surface area contributed by atoms with Crippen LogP contribution >= 0.6 is 23.1 Å². The van der Waals surface area contributed by atoms with Gasteiger partial charge >= 0.3 is 0 Å². The van der Waals surface area contributed by atoms with Gasteiger partial charge in [-0.05, 0) is 12.2 Å². The lowest BCUT2D eigenvalue weighted by Crippen LogP contribution is -2.06. The summed E-state index contributed by atoms with van der Waals surface area (Å²) in [6.07, 6.45) is 4.78. The highest BCUT2D eigenvalue weighted by molar-refractivity contribution is 8.08. The second kappa shape index (κ2) is 3.57. The molecule has 1 aliphatic heterocycles. The Labute approximate surface area is 98.7 Å². The van der Waals surface area contributed by atoms with E-state index in [1.165, 1.54) is 29.2 Å². The Morgan fingerprint density at radius 1 is 1.38 bits per heavy atom. The van der Waals surface area contributed by atoms with Gasteiger partial charge in [-0.25, -0.2) is 9.98 Å². The van der Waals surface area contributed by atoms with Gasteiger partial charge in [0.15, 0.2) is 11.7 Å². The number of carbonyl (C=O) groups is 1. The van der Waals surface area contributed by atoms with E-state index in [4.69, 9.17) is 0 Å². The highest BCUT2D eigenvalue weighted by Crippen LogP contribution is 2.23. The topological polar surface area (TPSA) is 62.5 Å². The smallest absolute Gasteiger partial charge is 0.197 e.